The second-order valence-corrected chi connectivity index (χ2v) is 18.8. The van der Waals surface area contributed by atoms with Crippen LogP contribution in [0.5, 0.6) is 0 Å². The molecule has 0 spiro atoms. The Morgan fingerprint density at radius 3 is 1.90 bits per heavy atom. The first kappa shape index (κ1) is 53.6. The predicted molar refractivity (Wildman–Crippen MR) is 240 cm³/mol. The molecule has 7 heterocycles. The van der Waals surface area contributed by atoms with Crippen LogP contribution in [0.15, 0.2) is 36.4 Å². The first-order valence-corrected chi connectivity index (χ1v) is 22.5. The molecule has 1 fully saturated rings. The van der Waals surface area contributed by atoms with Crippen molar-refractivity contribution in [1.82, 2.24) is 58.6 Å². The van der Waals surface area contributed by atoms with E-state index in [0.717, 1.165) is 0 Å². The van der Waals surface area contributed by atoms with Crippen LogP contribution >= 0.6 is 7.60 Å². The van der Waals surface area contributed by atoms with Crippen LogP contribution in [0.4, 0.5) is 17.6 Å². The van der Waals surface area contributed by atoms with Gasteiger partial charge in [0.05, 0.1) is 56.2 Å². The predicted octanol–water partition coefficient (Wildman–Crippen LogP) is -0.609. The Bertz CT molecular complexity index is 2730. The summed E-state index contributed by atoms with van der Waals surface area (Å²) in [6.45, 7) is 9.07. The van der Waals surface area contributed by atoms with Crippen molar-refractivity contribution in [3.8, 4) is 0 Å². The lowest BCUT2D eigenvalue weighted by atomic mass is 9.98. The van der Waals surface area contributed by atoms with E-state index >= 15 is 0 Å². The van der Waals surface area contributed by atoms with Crippen molar-refractivity contribution in [2.45, 2.75) is 79.4 Å². The Morgan fingerprint density at radius 2 is 1.32 bits per heavy atom. The van der Waals surface area contributed by atoms with Gasteiger partial charge in [-0.2, -0.15) is 4.98 Å². The van der Waals surface area contributed by atoms with Gasteiger partial charge in [-0.1, -0.05) is 0 Å². The first-order chi connectivity index (χ1) is 32.6. The topological polar surface area (TPSA) is 426 Å². The van der Waals surface area contributed by atoms with E-state index in [1.165, 1.54) is 40.8 Å². The average molecular weight is 994 g/mol. The number of nitrogens with one attached hydrogen (secondary N) is 1. The van der Waals surface area contributed by atoms with E-state index in [1.807, 2.05) is 0 Å². The number of nitrogens with zero attached hydrogens (tertiary/aromatic N) is 11. The lowest BCUT2D eigenvalue weighted by Gasteiger charge is -2.22. The highest BCUT2D eigenvalue weighted by atomic mass is 31.2. The standard InChI is InChI=1S/C20H32N5O8P.C10H13N5O4.C8H11N5O3/c1-19(2,3)17(26)30-11-32-34(28,33-12-31-18(27)20(4,5)6)13-29-8-7-25-10-24-14-15(21)22-9-23-16(14)25;11-8-5-9(13-2-12-8)15(3-14-5)10-7(18)6(17)4(1-16)19-10;9-8-11-6-5(7(15)12-8)10-3-13(6)4-16-2-1-14/h9-10H,7-8,11-13H2,1-6H3,(H2,21,22,23);2-4,6-7,10,16-18H,1H2,(H2,11,12,13);3,14H,1-2,4H2,(H3,9,11,12,15)/t;4-,6-,7-,10-;/m.1./s1. The Morgan fingerprint density at radius 1 is 0.754 bits per heavy atom. The number of carbonyl (C=O) groups excluding carboxylic acids is 2. The van der Waals surface area contributed by atoms with Crippen LogP contribution in [0.25, 0.3) is 33.5 Å². The molecule has 1 aliphatic heterocycles. The van der Waals surface area contributed by atoms with Crippen molar-refractivity contribution < 1.29 is 67.3 Å². The normalized spacial score (nSPS) is 17.4. The van der Waals surface area contributed by atoms with Crippen LogP contribution in [0.1, 0.15) is 47.8 Å². The third-order valence-electron chi connectivity index (χ3n) is 9.40. The maximum Gasteiger partial charge on any atom is 0.361 e. The molecule has 0 aliphatic carbocycles. The number of carbonyl (C=O) groups is 2. The summed E-state index contributed by atoms with van der Waals surface area (Å²) in [5, 5.41) is 37.3. The highest BCUT2D eigenvalue weighted by Gasteiger charge is 2.44. The van der Waals surface area contributed by atoms with Crippen molar-refractivity contribution in [3.63, 3.8) is 0 Å². The summed E-state index contributed by atoms with van der Waals surface area (Å²) in [6.07, 6.45) is 2.39. The van der Waals surface area contributed by atoms with Gasteiger partial charge in [-0.15, -0.1) is 0 Å². The van der Waals surface area contributed by atoms with Gasteiger partial charge in [0.25, 0.3) is 5.56 Å². The van der Waals surface area contributed by atoms with Crippen LogP contribution < -0.4 is 22.8 Å². The second kappa shape index (κ2) is 23.3. The van der Waals surface area contributed by atoms with Crippen LogP contribution in [0, 0.1) is 10.8 Å². The Hall–Kier alpha value is -6.34. The smallest absolute Gasteiger partial charge is 0.361 e. The Balaban J connectivity index is 0.000000212. The number of imidazole rings is 3. The number of hydrogen-bond acceptors (Lipinski definition) is 26. The van der Waals surface area contributed by atoms with Gasteiger partial charge in [-0.05, 0) is 41.5 Å². The zero-order valence-electron chi connectivity index (χ0n) is 38.4. The minimum atomic E-state index is -3.95. The van der Waals surface area contributed by atoms with Gasteiger partial charge in [0.1, 0.15) is 55.1 Å². The van der Waals surface area contributed by atoms with Crippen LogP contribution in [-0.2, 0) is 60.2 Å². The molecule has 6 aromatic rings. The Kier molecular flexibility index (Phi) is 18.1. The number of aromatic nitrogens is 12. The third-order valence-corrected chi connectivity index (χ3v) is 10.9. The number of rotatable bonds is 17. The van der Waals surface area contributed by atoms with E-state index in [9.17, 15) is 29.2 Å². The average Bonchev–Trinajstić information content (AvgIpc) is 4.08. The molecular formula is C38H56N15O15P. The molecule has 0 saturated carbocycles. The molecule has 30 nitrogen and oxygen atoms in total. The van der Waals surface area contributed by atoms with Gasteiger partial charge in [-0.25, -0.2) is 34.9 Å². The van der Waals surface area contributed by atoms with E-state index in [0.29, 0.717) is 34.5 Å². The number of H-pyrrole nitrogens is 1. The molecule has 69 heavy (non-hydrogen) atoms. The SMILES string of the molecule is CC(C)(C)C(=O)OCOP(=O)(COCCn1cnc2c(N)ncnc21)OCOC(=O)C(C)(C)C.Nc1nc2c(ncn2COCCO)c(=O)[nH]1.Nc1ncnc2c1ncn2[C@@H]1O[C@H](CO)[C@@H](O)[C@H]1O. The number of aliphatic hydroxyl groups excluding tert-OH is 4. The fourth-order valence-electron chi connectivity index (χ4n) is 5.73. The summed E-state index contributed by atoms with van der Waals surface area (Å²) in [5.41, 5.74) is 17.3. The number of esters is 2. The lowest BCUT2D eigenvalue weighted by Crippen LogP contribution is -2.33. The quantitative estimate of drug-likeness (QED) is 0.0244. The number of anilines is 3. The van der Waals surface area contributed by atoms with Gasteiger partial charge in [-0.3, -0.25) is 42.1 Å². The van der Waals surface area contributed by atoms with E-state index in [2.05, 4.69) is 44.9 Å². The molecule has 6 aromatic heterocycles. The zero-order valence-corrected chi connectivity index (χ0v) is 39.3. The monoisotopic (exact) mass is 993 g/mol. The molecular weight excluding hydrogens is 937 g/mol. The van der Waals surface area contributed by atoms with E-state index < -0.39 is 81.4 Å². The summed E-state index contributed by atoms with van der Waals surface area (Å²) in [4.78, 5) is 69.5. The zero-order chi connectivity index (χ0) is 50.7. The fourth-order valence-corrected chi connectivity index (χ4v) is 6.73. The van der Waals surface area contributed by atoms with Crippen molar-refractivity contribution in [2.75, 3.05) is 63.6 Å². The molecule has 4 atom stereocenters. The molecule has 0 radical (unpaired) electrons. The molecule has 0 unspecified atom stereocenters. The number of ether oxygens (including phenoxy) is 5. The molecule has 0 amide bonds. The lowest BCUT2D eigenvalue weighted by molar-refractivity contribution is -0.162. The van der Waals surface area contributed by atoms with Crippen molar-refractivity contribution in [2.24, 2.45) is 10.8 Å². The fraction of sp³-hybridized carbons (Fsp3) is 0.553. The summed E-state index contributed by atoms with van der Waals surface area (Å²) in [5.74, 6) is -0.595. The number of aromatic amines is 1. The minimum absolute atomic E-state index is 0.0291. The molecule has 7 rings (SSSR count). The van der Waals surface area contributed by atoms with Crippen LogP contribution in [0.2, 0.25) is 0 Å². The highest BCUT2D eigenvalue weighted by molar-refractivity contribution is 7.53. The maximum atomic E-state index is 13.1. The number of fused-ring (bicyclic) bond motifs is 3. The molecule has 11 N–H and O–H groups in total. The maximum absolute atomic E-state index is 13.1. The van der Waals surface area contributed by atoms with Crippen molar-refractivity contribution in [1.29, 1.82) is 0 Å². The summed E-state index contributed by atoms with van der Waals surface area (Å²) < 4.78 is 54.1. The summed E-state index contributed by atoms with van der Waals surface area (Å²) in [6, 6.07) is 0. The number of hydrogen-bond donors (Lipinski definition) is 8. The second-order valence-electron chi connectivity index (χ2n) is 16.8. The molecule has 1 aliphatic rings. The third kappa shape index (κ3) is 13.9. The molecule has 378 valence electrons. The van der Waals surface area contributed by atoms with Gasteiger partial charge in [0.15, 0.2) is 40.3 Å². The van der Waals surface area contributed by atoms with Gasteiger partial charge in [0, 0.05) is 6.54 Å². The molecule has 31 heteroatoms. The van der Waals surface area contributed by atoms with Gasteiger partial charge < -0.3 is 65.9 Å². The number of aliphatic hydroxyl groups is 4. The van der Waals surface area contributed by atoms with Crippen LogP contribution in [0.3, 0.4) is 0 Å². The molecule has 0 aromatic carbocycles. The summed E-state index contributed by atoms with van der Waals surface area (Å²) in [7, 11) is -3.95. The number of nitrogens with two attached hydrogens (primary N) is 3. The first-order valence-electron chi connectivity index (χ1n) is 20.7. The van der Waals surface area contributed by atoms with Crippen molar-refractivity contribution >= 4 is 70.6 Å². The van der Waals surface area contributed by atoms with Crippen LogP contribution in [-0.4, -0.2) is 156 Å². The molecule has 0 bridgehead atoms. The molecule has 1 saturated heterocycles. The van der Waals surface area contributed by atoms with Gasteiger partial charge >= 0.3 is 19.5 Å². The van der Waals surface area contributed by atoms with E-state index in [-0.39, 0.29) is 55.2 Å². The summed E-state index contributed by atoms with van der Waals surface area (Å²) >= 11 is 0. The minimum Gasteiger partial charge on any atom is -0.438 e. The van der Waals surface area contributed by atoms with Crippen molar-refractivity contribution in [3.05, 3.63) is 42.0 Å². The van der Waals surface area contributed by atoms with Gasteiger partial charge in [0.2, 0.25) is 19.5 Å². The van der Waals surface area contributed by atoms with E-state index in [4.69, 9.17) is 60.1 Å². The highest BCUT2D eigenvalue weighted by Crippen LogP contribution is 2.48. The largest absolute Gasteiger partial charge is 0.438 e. The van der Waals surface area contributed by atoms with E-state index in [1.54, 1.807) is 46.1 Å². The Labute approximate surface area is 391 Å². The number of nitrogen functional groups attached to an aromatic ring is 3.